The summed E-state index contributed by atoms with van der Waals surface area (Å²) in [4.78, 5) is 22.8. The summed E-state index contributed by atoms with van der Waals surface area (Å²) >= 11 is 0. The average molecular weight is 271 g/mol. The summed E-state index contributed by atoms with van der Waals surface area (Å²) in [5.74, 6) is -0.199. The predicted molar refractivity (Wildman–Crippen MR) is 71.5 cm³/mol. The van der Waals surface area contributed by atoms with E-state index in [1.54, 1.807) is 13.8 Å². The van der Waals surface area contributed by atoms with Gasteiger partial charge in [0.25, 0.3) is 0 Å². The van der Waals surface area contributed by atoms with Gasteiger partial charge in [-0.3, -0.25) is 4.79 Å². The molecule has 1 aliphatic carbocycles. The molecule has 1 saturated carbocycles. The van der Waals surface area contributed by atoms with Crippen molar-refractivity contribution in [2.75, 3.05) is 0 Å². The maximum Gasteiger partial charge on any atom is 0.404 e. The van der Waals surface area contributed by atoms with Gasteiger partial charge in [-0.25, -0.2) is 4.79 Å². The zero-order valence-electron chi connectivity index (χ0n) is 11.8. The first kappa shape index (κ1) is 16.0. The lowest BCUT2D eigenvalue weighted by Crippen LogP contribution is -2.41. The van der Waals surface area contributed by atoms with Gasteiger partial charge in [-0.2, -0.15) is 0 Å². The summed E-state index contributed by atoms with van der Waals surface area (Å²) in [6.45, 7) is 3.43. The van der Waals surface area contributed by atoms with E-state index in [4.69, 9.17) is 10.5 Å². The van der Waals surface area contributed by atoms with E-state index >= 15 is 0 Å². The maximum absolute atomic E-state index is 11.8. The van der Waals surface area contributed by atoms with E-state index in [0.29, 0.717) is 12.3 Å². The molecule has 0 unspecified atom stereocenters. The number of hydrogen-bond acceptors (Lipinski definition) is 4. The molecule has 19 heavy (non-hydrogen) atoms. The van der Waals surface area contributed by atoms with Gasteiger partial charge in [0.1, 0.15) is 12.2 Å². The highest BCUT2D eigenvalue weighted by Gasteiger charge is 2.32. The van der Waals surface area contributed by atoms with Crippen molar-refractivity contribution in [3.63, 3.8) is 0 Å². The molecule has 1 rings (SSSR count). The Morgan fingerprint density at radius 3 is 2.32 bits per heavy atom. The van der Waals surface area contributed by atoms with Gasteiger partial charge >= 0.3 is 6.09 Å². The number of carbonyl (C=O) groups excluding carboxylic acids is 2. The lowest BCUT2D eigenvalue weighted by molar-refractivity contribution is -0.136. The smallest absolute Gasteiger partial charge is 0.404 e. The number of nitrogens with two attached hydrogens (primary N) is 1. The second-order valence-electron chi connectivity index (χ2n) is 5.72. The summed E-state index contributed by atoms with van der Waals surface area (Å²) in [5.41, 5.74) is 5.03. The van der Waals surface area contributed by atoms with Gasteiger partial charge in [0, 0.05) is 5.92 Å². The molecule has 0 radical (unpaired) electrons. The summed E-state index contributed by atoms with van der Waals surface area (Å²) < 4.78 is 4.95. The minimum Gasteiger partial charge on any atom is -0.443 e. The van der Waals surface area contributed by atoms with Crippen molar-refractivity contribution < 1.29 is 19.4 Å². The molecule has 0 spiro atoms. The molecule has 2 atom stereocenters. The molecule has 5 heteroatoms. The number of carbonyl (C=O) groups is 2. The Balaban J connectivity index is 2.64. The van der Waals surface area contributed by atoms with Crippen LogP contribution in [0.15, 0.2) is 0 Å². The molecule has 1 amide bonds. The summed E-state index contributed by atoms with van der Waals surface area (Å²) in [6.07, 6.45) is 3.15. The van der Waals surface area contributed by atoms with Crippen LogP contribution in [0.3, 0.4) is 0 Å². The van der Waals surface area contributed by atoms with Crippen LogP contribution in [0.1, 0.15) is 52.4 Å². The van der Waals surface area contributed by atoms with E-state index in [1.807, 2.05) is 0 Å². The van der Waals surface area contributed by atoms with Crippen LogP contribution in [0, 0.1) is 11.8 Å². The van der Waals surface area contributed by atoms with Crippen LogP contribution in [0.25, 0.3) is 0 Å². The molecular formula is C14H25NO4. The number of primary amides is 1. The van der Waals surface area contributed by atoms with Crippen LogP contribution < -0.4 is 5.73 Å². The first-order valence-electron chi connectivity index (χ1n) is 7.09. The molecule has 1 fully saturated rings. The monoisotopic (exact) mass is 271 g/mol. The second kappa shape index (κ2) is 7.48. The summed E-state index contributed by atoms with van der Waals surface area (Å²) in [6, 6.07) is 0. The fourth-order valence-electron chi connectivity index (χ4n) is 2.67. The van der Waals surface area contributed by atoms with Crippen LogP contribution in [-0.4, -0.2) is 29.2 Å². The van der Waals surface area contributed by atoms with Crippen LogP contribution >= 0.6 is 0 Å². The highest BCUT2D eigenvalue weighted by atomic mass is 16.6. The molecule has 0 aromatic carbocycles. The second-order valence-corrected chi connectivity index (χ2v) is 5.72. The number of ketones is 1. The summed E-state index contributed by atoms with van der Waals surface area (Å²) in [7, 11) is 0. The SMILES string of the molecule is CC(C)C(=O)[C@H](O)[C@H](CC1CCCCC1)OC(N)=O. The highest BCUT2D eigenvalue weighted by Crippen LogP contribution is 2.29. The molecule has 0 aliphatic heterocycles. The van der Waals surface area contributed by atoms with Gasteiger partial charge < -0.3 is 15.6 Å². The third-order valence-corrected chi connectivity index (χ3v) is 3.77. The third kappa shape index (κ3) is 5.19. The minimum absolute atomic E-state index is 0.291. The van der Waals surface area contributed by atoms with Crippen molar-refractivity contribution in [2.45, 2.75) is 64.6 Å². The normalized spacial score (nSPS) is 20.0. The number of aliphatic hydroxyl groups excluding tert-OH is 1. The van der Waals surface area contributed by atoms with Crippen molar-refractivity contribution in [1.29, 1.82) is 0 Å². The van der Waals surface area contributed by atoms with E-state index in [-0.39, 0.29) is 11.7 Å². The lowest BCUT2D eigenvalue weighted by Gasteiger charge is -2.28. The van der Waals surface area contributed by atoms with Crippen LogP contribution in [-0.2, 0) is 9.53 Å². The van der Waals surface area contributed by atoms with E-state index in [9.17, 15) is 14.7 Å². The van der Waals surface area contributed by atoms with Crippen molar-refractivity contribution >= 4 is 11.9 Å². The zero-order chi connectivity index (χ0) is 14.4. The predicted octanol–water partition coefficient (Wildman–Crippen LogP) is 2.01. The van der Waals surface area contributed by atoms with Crippen molar-refractivity contribution in [3.8, 4) is 0 Å². The Morgan fingerprint density at radius 2 is 1.84 bits per heavy atom. The molecule has 0 aromatic rings. The Labute approximate surface area is 114 Å². The zero-order valence-corrected chi connectivity index (χ0v) is 11.8. The maximum atomic E-state index is 11.8. The van der Waals surface area contributed by atoms with Gasteiger partial charge in [0.2, 0.25) is 0 Å². The lowest BCUT2D eigenvalue weighted by atomic mass is 9.83. The number of amides is 1. The fraction of sp³-hybridized carbons (Fsp3) is 0.857. The molecule has 0 heterocycles. The van der Waals surface area contributed by atoms with Gasteiger partial charge in [-0.15, -0.1) is 0 Å². The van der Waals surface area contributed by atoms with E-state index < -0.39 is 18.3 Å². The topological polar surface area (TPSA) is 89.6 Å². The molecule has 0 bridgehead atoms. The van der Waals surface area contributed by atoms with Gasteiger partial charge in [0.05, 0.1) is 0 Å². The number of aliphatic hydroxyl groups is 1. The quantitative estimate of drug-likeness (QED) is 0.773. The summed E-state index contributed by atoms with van der Waals surface area (Å²) in [5, 5.41) is 10.0. The number of rotatable bonds is 6. The highest BCUT2D eigenvalue weighted by molar-refractivity contribution is 5.85. The van der Waals surface area contributed by atoms with Gasteiger partial charge in [0.15, 0.2) is 5.78 Å². The molecule has 3 N–H and O–H groups in total. The molecule has 0 saturated heterocycles. The molecular weight excluding hydrogens is 246 g/mol. The largest absolute Gasteiger partial charge is 0.443 e. The van der Waals surface area contributed by atoms with Crippen LogP contribution in [0.2, 0.25) is 0 Å². The standard InChI is InChI=1S/C14H25NO4/c1-9(2)12(16)13(17)11(19-14(15)18)8-10-6-4-3-5-7-10/h9-11,13,17H,3-8H2,1-2H3,(H2,15,18)/t11-,13+/m0/s1. The third-order valence-electron chi connectivity index (χ3n) is 3.77. The van der Waals surface area contributed by atoms with Crippen molar-refractivity contribution in [2.24, 2.45) is 17.6 Å². The van der Waals surface area contributed by atoms with Crippen LogP contribution in [0.4, 0.5) is 4.79 Å². The van der Waals surface area contributed by atoms with E-state index in [1.165, 1.54) is 6.42 Å². The Kier molecular flexibility index (Phi) is 6.28. The van der Waals surface area contributed by atoms with Gasteiger partial charge in [-0.1, -0.05) is 46.0 Å². The number of ether oxygens (including phenoxy) is 1. The van der Waals surface area contributed by atoms with Crippen LogP contribution in [0.5, 0.6) is 0 Å². The number of Topliss-reactive ketones (excluding diaryl/α,β-unsaturated/α-hetero) is 1. The Hall–Kier alpha value is -1.10. The van der Waals surface area contributed by atoms with Gasteiger partial charge in [-0.05, 0) is 12.3 Å². The molecule has 5 nitrogen and oxygen atoms in total. The Morgan fingerprint density at radius 1 is 1.26 bits per heavy atom. The van der Waals surface area contributed by atoms with Crippen molar-refractivity contribution in [3.05, 3.63) is 0 Å². The van der Waals surface area contributed by atoms with Crippen molar-refractivity contribution in [1.82, 2.24) is 0 Å². The van der Waals surface area contributed by atoms with E-state index in [0.717, 1.165) is 25.7 Å². The number of hydrogen-bond donors (Lipinski definition) is 2. The molecule has 1 aliphatic rings. The molecule has 0 aromatic heterocycles. The molecule has 110 valence electrons. The fourth-order valence-corrected chi connectivity index (χ4v) is 2.67. The minimum atomic E-state index is -1.27. The first-order valence-corrected chi connectivity index (χ1v) is 7.09. The van der Waals surface area contributed by atoms with E-state index in [2.05, 4.69) is 0 Å². The first-order chi connectivity index (χ1) is 8.91. The average Bonchev–Trinajstić information content (AvgIpc) is 2.36. The Bertz CT molecular complexity index is 311.